The molecule has 0 aromatic heterocycles. The van der Waals surface area contributed by atoms with Gasteiger partial charge in [0.15, 0.2) is 0 Å². The molecule has 0 radical (unpaired) electrons. The Morgan fingerprint density at radius 3 is 2.47 bits per heavy atom. The number of benzene rings is 2. The Kier molecular flexibility index (Phi) is 7.67. The molecule has 2 aliphatic heterocycles. The van der Waals surface area contributed by atoms with Crippen molar-refractivity contribution in [3.8, 4) is 0 Å². The summed E-state index contributed by atoms with van der Waals surface area (Å²) in [6.45, 7) is 9.86. The van der Waals surface area contributed by atoms with Crippen LogP contribution in [0.3, 0.4) is 0 Å². The number of hydrogen-bond donors (Lipinski definition) is 0. The molecule has 2 aromatic carbocycles. The van der Waals surface area contributed by atoms with Gasteiger partial charge in [0.25, 0.3) is 5.90 Å². The Balaban J connectivity index is 1.54. The lowest BCUT2D eigenvalue weighted by Gasteiger charge is -2.37. The lowest BCUT2D eigenvalue weighted by molar-refractivity contribution is 0.176. The van der Waals surface area contributed by atoms with Crippen LogP contribution < -0.4 is 4.90 Å². The molecular formula is C26H29F3N4O. The molecule has 0 N–H and O–H groups in total. The van der Waals surface area contributed by atoms with Crippen LogP contribution in [0.25, 0.3) is 0 Å². The van der Waals surface area contributed by atoms with Gasteiger partial charge < -0.3 is 14.5 Å². The third-order valence-corrected chi connectivity index (χ3v) is 6.45. The standard InChI is InChI=1S/C26H29F3N4O/c1-3-32-13-11-19(12-14-32)18(2)33(22-7-5-4-6-8-22)16-21-10-9-20(15-23(21)27)24-17-34-26(25(28)29)31-30-24/h4-10,15,19,25H,2-3,11-14,16-17H2,1H3. The van der Waals surface area contributed by atoms with E-state index in [2.05, 4.69) is 33.5 Å². The summed E-state index contributed by atoms with van der Waals surface area (Å²) in [5.74, 6) is -0.790. The molecule has 0 unspecified atom stereocenters. The summed E-state index contributed by atoms with van der Waals surface area (Å²) in [7, 11) is 0. The molecular weight excluding hydrogens is 441 g/mol. The maximum Gasteiger partial charge on any atom is 0.314 e. The quantitative estimate of drug-likeness (QED) is 0.513. The zero-order valence-corrected chi connectivity index (χ0v) is 19.3. The summed E-state index contributed by atoms with van der Waals surface area (Å²) in [6.07, 6.45) is -0.771. The van der Waals surface area contributed by atoms with Crippen molar-refractivity contribution in [2.24, 2.45) is 16.1 Å². The van der Waals surface area contributed by atoms with E-state index in [-0.39, 0.29) is 6.61 Å². The summed E-state index contributed by atoms with van der Waals surface area (Å²) in [5.41, 5.74) is 3.23. The van der Waals surface area contributed by atoms with E-state index in [0.29, 0.717) is 29.3 Å². The van der Waals surface area contributed by atoms with E-state index in [1.54, 1.807) is 12.1 Å². The summed E-state index contributed by atoms with van der Waals surface area (Å²) in [6, 6.07) is 14.7. The predicted octanol–water partition coefficient (Wildman–Crippen LogP) is 5.48. The number of rotatable bonds is 8. The van der Waals surface area contributed by atoms with Crippen molar-refractivity contribution in [3.63, 3.8) is 0 Å². The van der Waals surface area contributed by atoms with Crippen molar-refractivity contribution in [3.05, 3.63) is 77.8 Å². The average Bonchev–Trinajstić information content (AvgIpc) is 2.88. The Bertz CT molecular complexity index is 1060. The second-order valence-corrected chi connectivity index (χ2v) is 8.50. The largest absolute Gasteiger partial charge is 0.469 e. The molecule has 0 atom stereocenters. The van der Waals surface area contributed by atoms with Crippen LogP contribution in [0.1, 0.15) is 30.9 Å². The summed E-state index contributed by atoms with van der Waals surface area (Å²) in [4.78, 5) is 4.52. The highest BCUT2D eigenvalue weighted by molar-refractivity contribution is 6.04. The minimum atomic E-state index is -2.82. The first-order chi connectivity index (χ1) is 16.5. The number of anilines is 1. The molecule has 180 valence electrons. The van der Waals surface area contributed by atoms with Crippen LogP contribution in [-0.4, -0.2) is 49.2 Å². The number of hydrogen-bond acceptors (Lipinski definition) is 5. The number of halogens is 3. The number of likely N-dealkylation sites (tertiary alicyclic amines) is 1. The van der Waals surface area contributed by atoms with Crippen molar-refractivity contribution in [1.82, 2.24) is 4.90 Å². The van der Waals surface area contributed by atoms with E-state index in [9.17, 15) is 8.78 Å². The third-order valence-electron chi connectivity index (χ3n) is 6.45. The fourth-order valence-electron chi connectivity index (χ4n) is 4.35. The van der Waals surface area contributed by atoms with Crippen molar-refractivity contribution < 1.29 is 17.9 Å². The van der Waals surface area contributed by atoms with Gasteiger partial charge >= 0.3 is 6.43 Å². The van der Waals surface area contributed by atoms with Gasteiger partial charge in [-0.2, -0.15) is 8.78 Å². The zero-order valence-electron chi connectivity index (χ0n) is 19.3. The van der Waals surface area contributed by atoms with E-state index in [1.165, 1.54) is 6.07 Å². The number of alkyl halides is 2. The Hall–Kier alpha value is -3.13. The predicted molar refractivity (Wildman–Crippen MR) is 129 cm³/mol. The molecule has 2 aliphatic rings. The normalized spacial score (nSPS) is 17.2. The van der Waals surface area contributed by atoms with Crippen LogP contribution in [0.5, 0.6) is 0 Å². The van der Waals surface area contributed by atoms with Crippen molar-refractivity contribution in [2.45, 2.75) is 32.7 Å². The van der Waals surface area contributed by atoms with Crippen LogP contribution in [0.4, 0.5) is 18.9 Å². The number of ether oxygens (including phenoxy) is 1. The zero-order chi connectivity index (χ0) is 24.1. The van der Waals surface area contributed by atoms with Crippen molar-refractivity contribution >= 4 is 17.3 Å². The van der Waals surface area contributed by atoms with E-state index in [4.69, 9.17) is 4.74 Å². The van der Waals surface area contributed by atoms with E-state index in [1.807, 2.05) is 30.3 Å². The molecule has 0 bridgehead atoms. The first-order valence-corrected chi connectivity index (χ1v) is 11.5. The van der Waals surface area contributed by atoms with Gasteiger partial charge in [-0.3, -0.25) is 0 Å². The number of nitrogens with zero attached hydrogens (tertiary/aromatic N) is 4. The Morgan fingerprint density at radius 1 is 1.15 bits per heavy atom. The molecule has 5 nitrogen and oxygen atoms in total. The summed E-state index contributed by atoms with van der Waals surface area (Å²) in [5, 5.41) is 7.19. The summed E-state index contributed by atoms with van der Waals surface area (Å²) < 4.78 is 45.4. The molecule has 1 saturated heterocycles. The highest BCUT2D eigenvalue weighted by Gasteiger charge is 2.26. The number of para-hydroxylation sites is 1. The molecule has 0 aliphatic carbocycles. The average molecular weight is 471 g/mol. The Labute approximate surface area is 198 Å². The minimum absolute atomic E-state index is 0.175. The lowest BCUT2D eigenvalue weighted by Crippen LogP contribution is -2.37. The molecule has 0 spiro atoms. The first kappa shape index (κ1) is 24.0. The number of piperidine rings is 1. The van der Waals surface area contributed by atoms with Gasteiger partial charge in [-0.1, -0.05) is 43.8 Å². The van der Waals surface area contributed by atoms with Gasteiger partial charge in [0.1, 0.15) is 18.1 Å². The first-order valence-electron chi connectivity index (χ1n) is 11.5. The van der Waals surface area contributed by atoms with Crippen LogP contribution >= 0.6 is 0 Å². The Morgan fingerprint density at radius 2 is 1.88 bits per heavy atom. The molecule has 2 heterocycles. The fourth-order valence-corrected chi connectivity index (χ4v) is 4.35. The number of allylic oxidation sites excluding steroid dienone is 1. The third kappa shape index (κ3) is 5.50. The van der Waals surface area contributed by atoms with Gasteiger partial charge in [0.05, 0.1) is 6.54 Å². The monoisotopic (exact) mass is 470 g/mol. The molecule has 0 saturated carbocycles. The summed E-state index contributed by atoms with van der Waals surface area (Å²) >= 11 is 0. The highest BCUT2D eigenvalue weighted by Crippen LogP contribution is 2.31. The smallest absolute Gasteiger partial charge is 0.314 e. The van der Waals surface area contributed by atoms with Crippen LogP contribution in [0, 0.1) is 11.7 Å². The maximum atomic E-state index is 15.2. The van der Waals surface area contributed by atoms with Crippen molar-refractivity contribution in [2.75, 3.05) is 31.1 Å². The van der Waals surface area contributed by atoms with E-state index in [0.717, 1.165) is 43.9 Å². The molecule has 4 rings (SSSR count). The topological polar surface area (TPSA) is 40.4 Å². The minimum Gasteiger partial charge on any atom is -0.469 e. The molecule has 1 fully saturated rings. The van der Waals surface area contributed by atoms with E-state index >= 15 is 4.39 Å². The fraction of sp³-hybridized carbons (Fsp3) is 0.385. The SMILES string of the molecule is C=C(C1CCN(CC)CC1)N(Cc1ccc(C2=NN=C(C(F)F)OC2)cc1F)c1ccccc1. The molecule has 0 amide bonds. The van der Waals surface area contributed by atoms with Gasteiger partial charge in [-0.05, 0) is 50.7 Å². The van der Waals surface area contributed by atoms with Crippen LogP contribution in [0.15, 0.2) is 71.0 Å². The van der Waals surface area contributed by atoms with Gasteiger partial charge in [-0.25, -0.2) is 4.39 Å². The van der Waals surface area contributed by atoms with Gasteiger partial charge in [-0.15, -0.1) is 10.2 Å². The van der Waals surface area contributed by atoms with Crippen LogP contribution in [0.2, 0.25) is 0 Å². The second-order valence-electron chi connectivity index (χ2n) is 8.50. The van der Waals surface area contributed by atoms with Crippen LogP contribution in [-0.2, 0) is 11.3 Å². The molecule has 8 heteroatoms. The van der Waals surface area contributed by atoms with Gasteiger partial charge in [0, 0.05) is 28.4 Å². The molecule has 2 aromatic rings. The second kappa shape index (κ2) is 10.9. The lowest BCUT2D eigenvalue weighted by atomic mass is 9.92. The van der Waals surface area contributed by atoms with Gasteiger partial charge in [0.2, 0.25) is 0 Å². The molecule has 34 heavy (non-hydrogen) atoms. The highest BCUT2D eigenvalue weighted by atomic mass is 19.3. The van der Waals surface area contributed by atoms with E-state index < -0.39 is 18.1 Å². The maximum absolute atomic E-state index is 15.2. The van der Waals surface area contributed by atoms with Crippen molar-refractivity contribution in [1.29, 1.82) is 0 Å².